The van der Waals surface area contributed by atoms with Crippen molar-refractivity contribution in [2.75, 3.05) is 0 Å². The third kappa shape index (κ3) is 3.46. The number of allylic oxidation sites excluding steroid dienone is 1. The van der Waals surface area contributed by atoms with Crippen molar-refractivity contribution in [2.24, 2.45) is 0 Å². The van der Waals surface area contributed by atoms with Crippen molar-refractivity contribution < 1.29 is 10.0 Å². The molecule has 104 valence electrons. The van der Waals surface area contributed by atoms with Crippen molar-refractivity contribution in [3.05, 3.63) is 68.2 Å². The van der Waals surface area contributed by atoms with E-state index in [-0.39, 0.29) is 11.4 Å². The fourth-order valence-electron chi connectivity index (χ4n) is 1.72. The van der Waals surface area contributed by atoms with Gasteiger partial charge in [0.2, 0.25) is 0 Å². The lowest BCUT2D eigenvalue weighted by Gasteiger charge is -2.02. The standard InChI is InChI=1S/C15H9BrN2O3/c16-14-8-10(1-6-15(14)19)7-12(9-17)11-2-4-13(5-3-11)18(20)21/h1-8,19H/b12-7+. The van der Waals surface area contributed by atoms with Crippen molar-refractivity contribution >= 4 is 33.3 Å². The molecule has 2 rings (SSSR count). The number of benzene rings is 2. The van der Waals surface area contributed by atoms with Gasteiger partial charge in [-0.15, -0.1) is 0 Å². The number of phenols is 1. The number of non-ortho nitro benzene ring substituents is 1. The highest BCUT2D eigenvalue weighted by Crippen LogP contribution is 2.27. The maximum Gasteiger partial charge on any atom is 0.269 e. The van der Waals surface area contributed by atoms with Crippen LogP contribution in [0.4, 0.5) is 5.69 Å². The van der Waals surface area contributed by atoms with Gasteiger partial charge in [-0.3, -0.25) is 10.1 Å². The predicted molar refractivity (Wildman–Crippen MR) is 82.4 cm³/mol. The van der Waals surface area contributed by atoms with Gasteiger partial charge in [-0.05, 0) is 57.4 Å². The van der Waals surface area contributed by atoms with Crippen molar-refractivity contribution in [3.8, 4) is 11.8 Å². The molecule has 6 heteroatoms. The molecule has 0 aliphatic rings. The van der Waals surface area contributed by atoms with Crippen LogP contribution in [0.2, 0.25) is 0 Å². The lowest BCUT2D eigenvalue weighted by Crippen LogP contribution is -1.88. The highest BCUT2D eigenvalue weighted by atomic mass is 79.9. The summed E-state index contributed by atoms with van der Waals surface area (Å²) in [7, 11) is 0. The minimum atomic E-state index is -0.489. The molecule has 0 unspecified atom stereocenters. The molecule has 0 aliphatic carbocycles. The fourth-order valence-corrected chi connectivity index (χ4v) is 2.12. The second-order valence-electron chi connectivity index (χ2n) is 4.18. The van der Waals surface area contributed by atoms with Crippen molar-refractivity contribution in [1.82, 2.24) is 0 Å². The van der Waals surface area contributed by atoms with E-state index in [9.17, 15) is 20.5 Å². The molecule has 1 N–H and O–H groups in total. The van der Waals surface area contributed by atoms with Gasteiger partial charge in [-0.2, -0.15) is 5.26 Å². The Morgan fingerprint density at radius 2 is 1.95 bits per heavy atom. The first-order valence-electron chi connectivity index (χ1n) is 5.86. The van der Waals surface area contributed by atoms with Gasteiger partial charge in [0.15, 0.2) is 0 Å². The van der Waals surface area contributed by atoms with Crippen LogP contribution < -0.4 is 0 Å². The summed E-state index contributed by atoms with van der Waals surface area (Å²) in [6, 6.07) is 12.7. The molecule has 0 aliphatic heterocycles. The Kier molecular flexibility index (Phi) is 4.36. The molecule has 0 radical (unpaired) electrons. The fraction of sp³-hybridized carbons (Fsp3) is 0. The van der Waals surface area contributed by atoms with Crippen LogP contribution in [0, 0.1) is 21.4 Å². The van der Waals surface area contributed by atoms with E-state index in [0.29, 0.717) is 15.6 Å². The van der Waals surface area contributed by atoms with Gasteiger partial charge in [0.05, 0.1) is 21.0 Å². The minimum Gasteiger partial charge on any atom is -0.507 e. The molecular formula is C15H9BrN2O3. The number of nitro groups is 1. The quantitative estimate of drug-likeness (QED) is 0.392. The first-order valence-corrected chi connectivity index (χ1v) is 6.65. The number of hydrogen-bond acceptors (Lipinski definition) is 4. The van der Waals surface area contributed by atoms with Gasteiger partial charge in [0.1, 0.15) is 5.75 Å². The molecule has 0 saturated carbocycles. The molecule has 0 spiro atoms. The zero-order chi connectivity index (χ0) is 15.4. The lowest BCUT2D eigenvalue weighted by molar-refractivity contribution is -0.384. The third-order valence-electron chi connectivity index (χ3n) is 2.79. The van der Waals surface area contributed by atoms with Crippen LogP contribution in [0.1, 0.15) is 11.1 Å². The number of rotatable bonds is 3. The summed E-state index contributed by atoms with van der Waals surface area (Å²) in [6.45, 7) is 0. The predicted octanol–water partition coefficient (Wildman–Crippen LogP) is 4.13. The number of aromatic hydroxyl groups is 1. The number of phenolic OH excluding ortho intramolecular Hbond substituents is 1. The Morgan fingerprint density at radius 1 is 1.29 bits per heavy atom. The molecular weight excluding hydrogens is 336 g/mol. The summed E-state index contributed by atoms with van der Waals surface area (Å²) in [5.41, 5.74) is 1.67. The van der Waals surface area contributed by atoms with Crippen LogP contribution in [0.5, 0.6) is 5.75 Å². The summed E-state index contributed by atoms with van der Waals surface area (Å²) in [4.78, 5) is 10.1. The van der Waals surface area contributed by atoms with E-state index in [1.54, 1.807) is 18.2 Å². The number of nitrogens with zero attached hydrogens (tertiary/aromatic N) is 2. The molecule has 0 atom stereocenters. The number of nitro benzene ring substituents is 1. The van der Waals surface area contributed by atoms with E-state index in [1.807, 2.05) is 0 Å². The van der Waals surface area contributed by atoms with Crippen molar-refractivity contribution in [2.45, 2.75) is 0 Å². The van der Waals surface area contributed by atoms with Crippen LogP contribution in [-0.2, 0) is 0 Å². The van der Waals surface area contributed by atoms with Crippen LogP contribution in [0.3, 0.4) is 0 Å². The molecule has 0 bridgehead atoms. The van der Waals surface area contributed by atoms with Crippen LogP contribution >= 0.6 is 15.9 Å². The van der Waals surface area contributed by atoms with Crippen LogP contribution in [0.15, 0.2) is 46.9 Å². The molecule has 0 heterocycles. The molecule has 2 aromatic carbocycles. The largest absolute Gasteiger partial charge is 0.507 e. The molecule has 5 nitrogen and oxygen atoms in total. The number of nitriles is 1. The number of halogens is 1. The van der Waals surface area contributed by atoms with E-state index < -0.39 is 4.92 Å². The van der Waals surface area contributed by atoms with Gasteiger partial charge in [-0.25, -0.2) is 0 Å². The molecule has 0 amide bonds. The van der Waals surface area contributed by atoms with Gasteiger partial charge < -0.3 is 5.11 Å². The van der Waals surface area contributed by atoms with E-state index in [1.165, 1.54) is 30.3 Å². The van der Waals surface area contributed by atoms with Gasteiger partial charge in [0, 0.05) is 12.1 Å². The monoisotopic (exact) mass is 344 g/mol. The van der Waals surface area contributed by atoms with Gasteiger partial charge >= 0.3 is 0 Å². The van der Waals surface area contributed by atoms with E-state index >= 15 is 0 Å². The SMILES string of the molecule is N#C/C(=C\c1ccc(O)c(Br)c1)c1ccc([N+](=O)[O-])cc1. The zero-order valence-corrected chi connectivity index (χ0v) is 12.2. The number of hydrogen-bond donors (Lipinski definition) is 1. The average Bonchev–Trinajstić information content (AvgIpc) is 2.48. The van der Waals surface area contributed by atoms with Gasteiger partial charge in [0.25, 0.3) is 5.69 Å². The van der Waals surface area contributed by atoms with Crippen LogP contribution in [0.25, 0.3) is 11.6 Å². The molecule has 0 aromatic heterocycles. The smallest absolute Gasteiger partial charge is 0.269 e. The third-order valence-corrected chi connectivity index (χ3v) is 3.43. The second-order valence-corrected chi connectivity index (χ2v) is 5.04. The van der Waals surface area contributed by atoms with E-state index in [2.05, 4.69) is 22.0 Å². The molecule has 21 heavy (non-hydrogen) atoms. The first kappa shape index (κ1) is 14.8. The Hall–Kier alpha value is -2.65. The highest BCUT2D eigenvalue weighted by Gasteiger charge is 2.07. The summed E-state index contributed by atoms with van der Waals surface area (Å²) in [5.74, 6) is 0.112. The molecule has 0 fully saturated rings. The molecule has 0 saturated heterocycles. The van der Waals surface area contributed by atoms with Crippen molar-refractivity contribution in [3.63, 3.8) is 0 Å². The second kappa shape index (κ2) is 6.20. The summed E-state index contributed by atoms with van der Waals surface area (Å²) < 4.78 is 0.525. The Labute approximate surface area is 129 Å². The van der Waals surface area contributed by atoms with Crippen LogP contribution in [-0.4, -0.2) is 10.0 Å². The maximum atomic E-state index is 10.6. The average molecular weight is 345 g/mol. The van der Waals surface area contributed by atoms with Crippen molar-refractivity contribution in [1.29, 1.82) is 5.26 Å². The first-order chi connectivity index (χ1) is 10.0. The Balaban J connectivity index is 2.39. The zero-order valence-electron chi connectivity index (χ0n) is 10.7. The molecule has 2 aromatic rings. The van der Waals surface area contributed by atoms with Gasteiger partial charge in [-0.1, -0.05) is 6.07 Å². The minimum absolute atomic E-state index is 0.0246. The van der Waals surface area contributed by atoms with E-state index in [4.69, 9.17) is 0 Å². The highest BCUT2D eigenvalue weighted by molar-refractivity contribution is 9.10. The Bertz CT molecular complexity index is 761. The Morgan fingerprint density at radius 3 is 2.48 bits per heavy atom. The maximum absolute atomic E-state index is 10.6. The summed E-state index contributed by atoms with van der Waals surface area (Å²) >= 11 is 3.20. The summed E-state index contributed by atoms with van der Waals surface area (Å²) in [5, 5.41) is 29.3. The summed E-state index contributed by atoms with van der Waals surface area (Å²) in [6.07, 6.45) is 1.64. The lowest BCUT2D eigenvalue weighted by atomic mass is 10.0. The normalized spacial score (nSPS) is 11.0. The topological polar surface area (TPSA) is 87.2 Å². The van der Waals surface area contributed by atoms with E-state index in [0.717, 1.165) is 5.56 Å².